The molecular formula is C31H28N2O8S. The topological polar surface area (TPSA) is 119 Å². The van der Waals surface area contributed by atoms with Gasteiger partial charge in [0.05, 0.1) is 48.4 Å². The fourth-order valence-electron chi connectivity index (χ4n) is 4.56. The third-order valence-electron chi connectivity index (χ3n) is 6.44. The Balaban J connectivity index is 1.58. The van der Waals surface area contributed by atoms with Crippen LogP contribution >= 0.6 is 11.3 Å². The van der Waals surface area contributed by atoms with E-state index in [1.807, 2.05) is 19.1 Å². The maximum absolute atomic E-state index is 13.9. The first kappa shape index (κ1) is 28.6. The molecule has 0 fully saturated rings. The molecule has 0 saturated carbocycles. The quantitative estimate of drug-likeness (QED) is 0.213. The highest BCUT2D eigenvalue weighted by molar-refractivity contribution is 7.07. The van der Waals surface area contributed by atoms with Gasteiger partial charge < -0.3 is 23.4 Å². The van der Waals surface area contributed by atoms with Crippen LogP contribution in [0, 0.1) is 0 Å². The van der Waals surface area contributed by atoms with Crippen molar-refractivity contribution in [2.75, 3.05) is 20.3 Å². The van der Waals surface area contributed by atoms with E-state index in [9.17, 15) is 14.4 Å². The maximum Gasteiger partial charge on any atom is 0.379 e. The Labute approximate surface area is 244 Å². The minimum atomic E-state index is -0.740. The van der Waals surface area contributed by atoms with E-state index in [1.165, 1.54) is 28.2 Å². The zero-order chi connectivity index (χ0) is 29.8. The predicted octanol–water partition coefficient (Wildman–Crippen LogP) is 4.02. The molecule has 1 aliphatic heterocycles. The van der Waals surface area contributed by atoms with Gasteiger partial charge in [0.2, 0.25) is 5.76 Å². The molecule has 216 valence electrons. The summed E-state index contributed by atoms with van der Waals surface area (Å²) in [7, 11) is 1.57. The summed E-state index contributed by atoms with van der Waals surface area (Å²) in [6.45, 7) is 5.78. The Kier molecular flexibility index (Phi) is 8.39. The van der Waals surface area contributed by atoms with Gasteiger partial charge in [0.25, 0.3) is 5.56 Å². The van der Waals surface area contributed by atoms with E-state index in [-0.39, 0.29) is 23.7 Å². The van der Waals surface area contributed by atoms with Crippen molar-refractivity contribution in [1.29, 1.82) is 0 Å². The molecule has 1 atom stereocenters. The van der Waals surface area contributed by atoms with Crippen LogP contribution in [0.4, 0.5) is 0 Å². The van der Waals surface area contributed by atoms with Crippen LogP contribution in [0.1, 0.15) is 48.5 Å². The molecule has 10 nitrogen and oxygen atoms in total. The number of aromatic nitrogens is 1. The molecule has 0 spiro atoms. The van der Waals surface area contributed by atoms with E-state index in [4.69, 9.17) is 23.4 Å². The minimum absolute atomic E-state index is 0.0616. The summed E-state index contributed by atoms with van der Waals surface area (Å²) in [5.74, 6) is 0.0595. The van der Waals surface area contributed by atoms with Gasteiger partial charge in [-0.1, -0.05) is 29.5 Å². The number of nitrogens with zero attached hydrogens (tertiary/aromatic N) is 2. The number of carbonyl (C=O) groups excluding carboxylic acids is 2. The van der Waals surface area contributed by atoms with Gasteiger partial charge in [-0.05, 0) is 74.4 Å². The number of fused-ring (bicyclic) bond motifs is 1. The van der Waals surface area contributed by atoms with Crippen LogP contribution in [-0.4, -0.2) is 36.8 Å². The molecule has 11 heteroatoms. The second-order valence-electron chi connectivity index (χ2n) is 9.08. The smallest absolute Gasteiger partial charge is 0.379 e. The highest BCUT2D eigenvalue weighted by Gasteiger charge is 2.33. The molecule has 42 heavy (non-hydrogen) atoms. The van der Waals surface area contributed by atoms with Crippen LogP contribution in [0.25, 0.3) is 6.08 Å². The van der Waals surface area contributed by atoms with Crippen molar-refractivity contribution >= 4 is 29.4 Å². The van der Waals surface area contributed by atoms with E-state index in [0.29, 0.717) is 49.8 Å². The second kappa shape index (κ2) is 12.3. The molecule has 3 heterocycles. The number of esters is 2. The van der Waals surface area contributed by atoms with Crippen LogP contribution in [0.15, 0.2) is 86.3 Å². The molecular weight excluding hydrogens is 560 g/mol. The van der Waals surface area contributed by atoms with Gasteiger partial charge in [0.1, 0.15) is 5.75 Å². The Bertz CT molecular complexity index is 1830. The average molecular weight is 589 g/mol. The molecule has 0 amide bonds. The molecule has 0 saturated heterocycles. The fourth-order valence-corrected chi connectivity index (χ4v) is 5.60. The van der Waals surface area contributed by atoms with Crippen LogP contribution in [0.2, 0.25) is 0 Å². The first-order chi connectivity index (χ1) is 20.3. The van der Waals surface area contributed by atoms with Crippen molar-refractivity contribution in [1.82, 2.24) is 4.57 Å². The predicted molar refractivity (Wildman–Crippen MR) is 155 cm³/mol. The van der Waals surface area contributed by atoms with Crippen molar-refractivity contribution in [3.05, 3.63) is 109 Å². The minimum Gasteiger partial charge on any atom is -0.497 e. The number of thiazole rings is 1. The normalized spacial score (nSPS) is 14.7. The molecule has 0 bridgehead atoms. The summed E-state index contributed by atoms with van der Waals surface area (Å²) in [5.41, 5.74) is 1.80. The van der Waals surface area contributed by atoms with Gasteiger partial charge in [0.15, 0.2) is 16.3 Å². The molecule has 0 aliphatic carbocycles. The standard InChI is InChI=1S/C31H28N2O8S/c1-5-38-24-16-19(9-14-22(24)41-29(35)23-8-7-15-40-23)17-25-28(34)33-27(20-10-12-21(37-4)13-11-20)26(30(36)39-6-2)18(3)32-31(33)42-25/h7-17,27H,5-6H2,1-4H3/t27-/m0/s1. The SMILES string of the molecule is CCOC(=O)C1=C(C)N=c2sc(=Cc3ccc(OC(=O)c4ccco4)c(OCC)c3)c(=O)n2[C@H]1c1ccc(OC)cc1. The third kappa shape index (κ3) is 5.64. The lowest BCUT2D eigenvalue weighted by Crippen LogP contribution is -2.39. The number of methoxy groups -OCH3 is 1. The number of hydrogen-bond acceptors (Lipinski definition) is 10. The number of furan rings is 1. The zero-order valence-electron chi connectivity index (χ0n) is 23.4. The molecule has 2 aromatic carbocycles. The monoisotopic (exact) mass is 588 g/mol. The lowest BCUT2D eigenvalue weighted by Gasteiger charge is -2.24. The van der Waals surface area contributed by atoms with E-state index < -0.39 is 18.0 Å². The van der Waals surface area contributed by atoms with E-state index in [1.54, 1.807) is 63.4 Å². The average Bonchev–Trinajstić information content (AvgIpc) is 3.63. The molecule has 1 aliphatic rings. The molecule has 0 radical (unpaired) electrons. The fraction of sp³-hybridized carbons (Fsp3) is 0.226. The summed E-state index contributed by atoms with van der Waals surface area (Å²) in [4.78, 5) is 44.4. The zero-order valence-corrected chi connectivity index (χ0v) is 24.2. The molecule has 2 aromatic heterocycles. The first-order valence-corrected chi connectivity index (χ1v) is 14.0. The van der Waals surface area contributed by atoms with E-state index in [2.05, 4.69) is 4.99 Å². The van der Waals surface area contributed by atoms with Gasteiger partial charge in [-0.15, -0.1) is 0 Å². The first-order valence-electron chi connectivity index (χ1n) is 13.2. The van der Waals surface area contributed by atoms with Gasteiger partial charge in [-0.3, -0.25) is 9.36 Å². The lowest BCUT2D eigenvalue weighted by molar-refractivity contribution is -0.139. The highest BCUT2D eigenvalue weighted by Crippen LogP contribution is 2.32. The van der Waals surface area contributed by atoms with Gasteiger partial charge in [-0.2, -0.15) is 0 Å². The highest BCUT2D eigenvalue weighted by atomic mass is 32.1. The largest absolute Gasteiger partial charge is 0.497 e. The summed E-state index contributed by atoms with van der Waals surface area (Å²) < 4.78 is 28.9. The second-order valence-corrected chi connectivity index (χ2v) is 10.1. The molecule has 5 rings (SSSR count). The van der Waals surface area contributed by atoms with Crippen molar-refractivity contribution in [3.8, 4) is 17.2 Å². The number of rotatable bonds is 9. The Morgan fingerprint density at radius 1 is 1.05 bits per heavy atom. The van der Waals surface area contributed by atoms with Crippen LogP contribution in [0.3, 0.4) is 0 Å². The van der Waals surface area contributed by atoms with E-state index in [0.717, 1.165) is 0 Å². The van der Waals surface area contributed by atoms with E-state index >= 15 is 0 Å². The molecule has 4 aromatic rings. The number of benzene rings is 2. The Morgan fingerprint density at radius 2 is 1.83 bits per heavy atom. The Morgan fingerprint density at radius 3 is 2.50 bits per heavy atom. The number of ether oxygens (including phenoxy) is 4. The van der Waals surface area contributed by atoms with Crippen LogP contribution in [-0.2, 0) is 9.53 Å². The number of hydrogen-bond donors (Lipinski definition) is 0. The van der Waals surface area contributed by atoms with Crippen LogP contribution in [0.5, 0.6) is 17.2 Å². The van der Waals surface area contributed by atoms with Crippen molar-refractivity contribution in [2.45, 2.75) is 26.8 Å². The van der Waals surface area contributed by atoms with Crippen LogP contribution < -0.4 is 29.1 Å². The maximum atomic E-state index is 13.9. The summed E-state index contributed by atoms with van der Waals surface area (Å²) in [6.07, 6.45) is 3.09. The molecule has 0 N–H and O–H groups in total. The van der Waals surface area contributed by atoms with Gasteiger partial charge >= 0.3 is 11.9 Å². The third-order valence-corrected chi connectivity index (χ3v) is 7.42. The Hall–Kier alpha value is -4.90. The van der Waals surface area contributed by atoms with Crippen molar-refractivity contribution < 1.29 is 33.0 Å². The van der Waals surface area contributed by atoms with Crippen molar-refractivity contribution in [3.63, 3.8) is 0 Å². The summed E-state index contributed by atoms with van der Waals surface area (Å²) in [6, 6.07) is 14.5. The lowest BCUT2D eigenvalue weighted by atomic mass is 9.96. The summed E-state index contributed by atoms with van der Waals surface area (Å²) in [5, 5.41) is 0. The number of allylic oxidation sites excluding steroid dienone is 1. The molecule has 0 unspecified atom stereocenters. The van der Waals surface area contributed by atoms with Gasteiger partial charge in [0, 0.05) is 0 Å². The van der Waals surface area contributed by atoms with Gasteiger partial charge in [-0.25, -0.2) is 14.6 Å². The summed E-state index contributed by atoms with van der Waals surface area (Å²) >= 11 is 1.20. The number of carbonyl (C=O) groups is 2. The van der Waals surface area contributed by atoms with Crippen molar-refractivity contribution in [2.24, 2.45) is 4.99 Å².